The Morgan fingerprint density at radius 3 is 2.64 bits per heavy atom. The third kappa shape index (κ3) is 5.41. The Hall–Kier alpha value is -3.63. The maximum absolute atomic E-state index is 11.0. The van der Waals surface area contributed by atoms with Crippen LogP contribution >= 0.6 is 11.6 Å². The molecular weight excluding hydrogens is 446 g/mol. The van der Waals surface area contributed by atoms with Crippen molar-refractivity contribution in [1.82, 2.24) is 14.9 Å². The summed E-state index contributed by atoms with van der Waals surface area (Å²) < 4.78 is 5.59. The second kappa shape index (κ2) is 9.88. The highest BCUT2D eigenvalue weighted by molar-refractivity contribution is 6.32. The van der Waals surface area contributed by atoms with Crippen molar-refractivity contribution in [2.24, 2.45) is 0 Å². The molecule has 1 aromatic heterocycles. The van der Waals surface area contributed by atoms with Crippen LogP contribution in [0.5, 0.6) is 5.75 Å². The fourth-order valence-electron chi connectivity index (χ4n) is 3.51. The van der Waals surface area contributed by atoms with Gasteiger partial charge in [0, 0.05) is 55.8 Å². The van der Waals surface area contributed by atoms with Crippen molar-refractivity contribution in [3.63, 3.8) is 0 Å². The number of likely N-dealkylation sites (N-methyl/N-ethyl adjacent to an activating group) is 1. The topological polar surface area (TPSA) is 109 Å². The largest absolute Gasteiger partial charge is 0.494 e. The number of nitro benzene ring substituents is 1. The zero-order chi connectivity index (χ0) is 23.4. The van der Waals surface area contributed by atoms with Crippen LogP contribution in [-0.2, 0) is 0 Å². The number of halogens is 1. The molecule has 2 heterocycles. The molecule has 1 aliphatic heterocycles. The maximum Gasteiger partial charge on any atom is 0.271 e. The summed E-state index contributed by atoms with van der Waals surface area (Å²) >= 11 is 6.24. The van der Waals surface area contributed by atoms with Crippen LogP contribution in [0.4, 0.5) is 34.5 Å². The molecule has 0 unspecified atom stereocenters. The molecule has 1 saturated heterocycles. The van der Waals surface area contributed by atoms with Gasteiger partial charge in [0.1, 0.15) is 10.8 Å². The van der Waals surface area contributed by atoms with Crippen molar-refractivity contribution < 1.29 is 9.66 Å². The van der Waals surface area contributed by atoms with Crippen LogP contribution in [0.2, 0.25) is 5.02 Å². The number of hydrogen-bond acceptors (Lipinski definition) is 9. The quantitative estimate of drug-likeness (QED) is 0.387. The number of nitrogens with zero attached hydrogens (tertiary/aromatic N) is 5. The van der Waals surface area contributed by atoms with Crippen molar-refractivity contribution in [1.29, 1.82) is 0 Å². The van der Waals surface area contributed by atoms with Gasteiger partial charge in [0.15, 0.2) is 5.82 Å². The lowest BCUT2D eigenvalue weighted by atomic mass is 10.2. The van der Waals surface area contributed by atoms with E-state index in [0.29, 0.717) is 28.9 Å². The third-order valence-corrected chi connectivity index (χ3v) is 5.64. The predicted molar refractivity (Wildman–Crippen MR) is 129 cm³/mol. The van der Waals surface area contributed by atoms with Gasteiger partial charge < -0.3 is 25.2 Å². The standard InChI is InChI=1S/C22H24ClN7O3/c1-28-8-10-29(11-9-28)16-6-7-19(20(13-16)33-2)26-22-24-14-18(23)21(27-22)25-15-4-3-5-17(12-15)30(31)32/h3-7,12-14H,8-11H2,1-2H3,(H2,24,25,26,27). The van der Waals surface area contributed by atoms with Crippen molar-refractivity contribution >= 4 is 46.1 Å². The SMILES string of the molecule is COc1cc(N2CCN(C)CC2)ccc1Nc1ncc(Cl)c(Nc2cccc([N+](=O)[O-])c2)n1. The van der Waals surface area contributed by atoms with Gasteiger partial charge in [0.2, 0.25) is 5.95 Å². The average molecular weight is 470 g/mol. The summed E-state index contributed by atoms with van der Waals surface area (Å²) in [6.45, 7) is 3.95. The van der Waals surface area contributed by atoms with E-state index < -0.39 is 4.92 Å². The molecule has 33 heavy (non-hydrogen) atoms. The number of aromatic nitrogens is 2. The normalized spacial score (nSPS) is 14.1. The van der Waals surface area contributed by atoms with E-state index in [2.05, 4.69) is 37.4 Å². The molecule has 0 spiro atoms. The molecule has 4 rings (SSSR count). The van der Waals surface area contributed by atoms with Gasteiger partial charge in [-0.3, -0.25) is 10.1 Å². The van der Waals surface area contributed by atoms with E-state index in [-0.39, 0.29) is 10.7 Å². The zero-order valence-electron chi connectivity index (χ0n) is 18.3. The van der Waals surface area contributed by atoms with Crippen LogP contribution in [-0.4, -0.2) is 60.1 Å². The summed E-state index contributed by atoms with van der Waals surface area (Å²) in [6.07, 6.45) is 1.46. The Bertz CT molecular complexity index is 1150. The first-order valence-electron chi connectivity index (χ1n) is 10.4. The highest BCUT2D eigenvalue weighted by Crippen LogP contribution is 2.33. The van der Waals surface area contributed by atoms with Gasteiger partial charge >= 0.3 is 0 Å². The third-order valence-electron chi connectivity index (χ3n) is 5.36. The molecule has 3 aromatic rings. The number of methoxy groups -OCH3 is 1. The lowest BCUT2D eigenvalue weighted by Crippen LogP contribution is -2.44. The highest BCUT2D eigenvalue weighted by atomic mass is 35.5. The second-order valence-electron chi connectivity index (χ2n) is 7.62. The number of hydrogen-bond donors (Lipinski definition) is 2. The number of rotatable bonds is 7. The van der Waals surface area contributed by atoms with Gasteiger partial charge in [0.25, 0.3) is 5.69 Å². The van der Waals surface area contributed by atoms with Gasteiger partial charge in [-0.1, -0.05) is 17.7 Å². The summed E-state index contributed by atoms with van der Waals surface area (Å²) in [5.41, 5.74) is 2.26. The summed E-state index contributed by atoms with van der Waals surface area (Å²) in [6, 6.07) is 12.1. The molecule has 2 aromatic carbocycles. The first-order valence-corrected chi connectivity index (χ1v) is 10.7. The van der Waals surface area contributed by atoms with Crippen LogP contribution in [0, 0.1) is 10.1 Å². The van der Waals surface area contributed by atoms with E-state index in [9.17, 15) is 10.1 Å². The molecule has 0 aliphatic carbocycles. The fraction of sp³-hybridized carbons (Fsp3) is 0.273. The van der Waals surface area contributed by atoms with Crippen molar-refractivity contribution in [3.05, 3.63) is 63.8 Å². The lowest BCUT2D eigenvalue weighted by Gasteiger charge is -2.34. The summed E-state index contributed by atoms with van der Waals surface area (Å²) in [7, 11) is 3.74. The average Bonchev–Trinajstić information content (AvgIpc) is 2.82. The van der Waals surface area contributed by atoms with Crippen LogP contribution in [0.1, 0.15) is 0 Å². The van der Waals surface area contributed by atoms with E-state index in [4.69, 9.17) is 16.3 Å². The second-order valence-corrected chi connectivity index (χ2v) is 8.03. The van der Waals surface area contributed by atoms with Gasteiger partial charge in [-0.2, -0.15) is 4.98 Å². The van der Waals surface area contributed by atoms with Crippen LogP contribution in [0.3, 0.4) is 0 Å². The molecule has 2 N–H and O–H groups in total. The molecule has 0 bridgehead atoms. The molecule has 0 atom stereocenters. The summed E-state index contributed by atoms with van der Waals surface area (Å²) in [4.78, 5) is 23.9. The van der Waals surface area contributed by atoms with Gasteiger partial charge in [-0.15, -0.1) is 0 Å². The summed E-state index contributed by atoms with van der Waals surface area (Å²) in [5, 5.41) is 17.5. The van der Waals surface area contributed by atoms with E-state index in [1.165, 1.54) is 18.3 Å². The molecule has 0 amide bonds. The number of piperazine rings is 1. The van der Waals surface area contributed by atoms with Crippen LogP contribution < -0.4 is 20.3 Å². The first-order chi connectivity index (χ1) is 15.9. The van der Waals surface area contributed by atoms with Crippen LogP contribution in [0.25, 0.3) is 0 Å². The Morgan fingerprint density at radius 1 is 1.12 bits per heavy atom. The van der Waals surface area contributed by atoms with Gasteiger partial charge in [-0.05, 0) is 25.2 Å². The summed E-state index contributed by atoms with van der Waals surface area (Å²) in [5.74, 6) is 1.29. The molecule has 11 heteroatoms. The van der Waals surface area contributed by atoms with Crippen LogP contribution in [0.15, 0.2) is 48.7 Å². The minimum atomic E-state index is -0.460. The number of benzene rings is 2. The van der Waals surface area contributed by atoms with Gasteiger partial charge in [0.05, 0.1) is 23.9 Å². The molecular formula is C22H24ClN7O3. The monoisotopic (exact) mass is 469 g/mol. The molecule has 1 aliphatic rings. The van der Waals surface area contributed by atoms with Crippen molar-refractivity contribution in [2.45, 2.75) is 0 Å². The molecule has 0 radical (unpaired) electrons. The number of nitro groups is 1. The Labute approximate surface area is 196 Å². The molecule has 1 fully saturated rings. The Morgan fingerprint density at radius 2 is 1.91 bits per heavy atom. The number of nitrogens with one attached hydrogen (secondary N) is 2. The Balaban J connectivity index is 1.53. The van der Waals surface area contributed by atoms with E-state index in [0.717, 1.165) is 31.9 Å². The fourth-order valence-corrected chi connectivity index (χ4v) is 3.65. The van der Waals surface area contributed by atoms with E-state index in [1.54, 1.807) is 19.2 Å². The number of non-ortho nitro benzene ring substituents is 1. The molecule has 172 valence electrons. The van der Waals surface area contributed by atoms with E-state index >= 15 is 0 Å². The minimum absolute atomic E-state index is 0.0336. The van der Waals surface area contributed by atoms with Gasteiger partial charge in [-0.25, -0.2) is 4.98 Å². The number of ether oxygens (including phenoxy) is 1. The van der Waals surface area contributed by atoms with Crippen molar-refractivity contribution in [3.8, 4) is 5.75 Å². The molecule has 10 nitrogen and oxygen atoms in total. The lowest BCUT2D eigenvalue weighted by molar-refractivity contribution is -0.384. The Kier molecular flexibility index (Phi) is 6.76. The first kappa shape index (κ1) is 22.6. The number of anilines is 5. The van der Waals surface area contributed by atoms with E-state index in [1.807, 2.05) is 18.2 Å². The smallest absolute Gasteiger partial charge is 0.271 e. The molecule has 0 saturated carbocycles. The highest BCUT2D eigenvalue weighted by Gasteiger charge is 2.17. The minimum Gasteiger partial charge on any atom is -0.494 e. The zero-order valence-corrected chi connectivity index (χ0v) is 19.0. The predicted octanol–water partition coefficient (Wildman–Crippen LogP) is 4.29. The van der Waals surface area contributed by atoms with Crippen molar-refractivity contribution in [2.75, 3.05) is 55.9 Å². The maximum atomic E-state index is 11.0.